The molecule has 0 aromatic carbocycles. The number of likely N-dealkylation sites (tertiary alicyclic amines) is 1. The Morgan fingerprint density at radius 3 is 2.00 bits per heavy atom. The Labute approximate surface area is 106 Å². The van der Waals surface area contributed by atoms with Crippen LogP contribution in [0.5, 0.6) is 0 Å². The highest BCUT2D eigenvalue weighted by molar-refractivity contribution is 4.79. The summed E-state index contributed by atoms with van der Waals surface area (Å²) in [7, 11) is 0. The van der Waals surface area contributed by atoms with Crippen LogP contribution in [0.25, 0.3) is 0 Å². The van der Waals surface area contributed by atoms with Crippen molar-refractivity contribution in [1.82, 2.24) is 4.90 Å². The maximum absolute atomic E-state index is 13.1. The van der Waals surface area contributed by atoms with E-state index in [1.807, 2.05) is 0 Å². The van der Waals surface area contributed by atoms with Gasteiger partial charge in [0.05, 0.1) is 0 Å². The summed E-state index contributed by atoms with van der Waals surface area (Å²) in [6, 6.07) is 0.706. The first-order valence-corrected chi connectivity index (χ1v) is 7.53. The van der Waals surface area contributed by atoms with Crippen molar-refractivity contribution in [3.05, 3.63) is 0 Å². The van der Waals surface area contributed by atoms with Crippen molar-refractivity contribution >= 4 is 0 Å². The Kier molecular flexibility index (Phi) is 4.84. The first-order chi connectivity index (χ1) is 8.15. The largest absolute Gasteiger partial charge is 0.301 e. The van der Waals surface area contributed by atoms with E-state index in [2.05, 4.69) is 18.7 Å². The Morgan fingerprint density at radius 1 is 0.941 bits per heavy atom. The highest BCUT2D eigenvalue weighted by atomic mass is 19.1. The van der Waals surface area contributed by atoms with Crippen LogP contribution in [0.3, 0.4) is 0 Å². The molecule has 0 unspecified atom stereocenters. The summed E-state index contributed by atoms with van der Waals surface area (Å²) >= 11 is 0. The van der Waals surface area contributed by atoms with Crippen molar-refractivity contribution in [2.45, 2.75) is 71.0 Å². The Morgan fingerprint density at radius 2 is 1.47 bits per heavy atom. The van der Waals surface area contributed by atoms with Gasteiger partial charge in [0.25, 0.3) is 0 Å². The summed E-state index contributed by atoms with van der Waals surface area (Å²) < 4.78 is 13.1. The Bertz CT molecular complexity index is 213. The minimum atomic E-state index is -0.492. The van der Waals surface area contributed by atoms with Crippen molar-refractivity contribution in [3.63, 3.8) is 0 Å². The van der Waals surface area contributed by atoms with Crippen molar-refractivity contribution < 1.29 is 4.39 Å². The summed E-state index contributed by atoms with van der Waals surface area (Å²) in [5.74, 6) is 1.75. The van der Waals surface area contributed by atoms with Crippen molar-refractivity contribution in [3.8, 4) is 0 Å². The van der Waals surface area contributed by atoms with Gasteiger partial charge in [-0.25, -0.2) is 4.39 Å². The second-order valence-corrected chi connectivity index (χ2v) is 6.43. The predicted molar refractivity (Wildman–Crippen MR) is 70.9 cm³/mol. The molecule has 17 heavy (non-hydrogen) atoms. The maximum Gasteiger partial charge on any atom is 0.100 e. The molecule has 2 rings (SSSR count). The van der Waals surface area contributed by atoms with Crippen LogP contribution in [0.4, 0.5) is 4.39 Å². The minimum absolute atomic E-state index is 0.492. The van der Waals surface area contributed by atoms with Gasteiger partial charge in [-0.3, -0.25) is 0 Å². The molecule has 0 radical (unpaired) electrons. The molecule has 1 aliphatic carbocycles. The molecule has 0 atom stereocenters. The van der Waals surface area contributed by atoms with E-state index < -0.39 is 6.17 Å². The van der Waals surface area contributed by atoms with E-state index in [4.69, 9.17) is 0 Å². The molecule has 100 valence electrons. The van der Waals surface area contributed by atoms with Crippen LogP contribution in [0.15, 0.2) is 0 Å². The quantitative estimate of drug-likeness (QED) is 0.721. The van der Waals surface area contributed by atoms with Crippen LogP contribution >= 0.6 is 0 Å². The van der Waals surface area contributed by atoms with Crippen molar-refractivity contribution in [1.29, 1.82) is 0 Å². The highest BCUT2D eigenvalue weighted by Crippen LogP contribution is 2.34. The normalized spacial score (nSPS) is 33.2. The van der Waals surface area contributed by atoms with E-state index in [0.29, 0.717) is 6.04 Å². The number of hydrogen-bond donors (Lipinski definition) is 0. The topological polar surface area (TPSA) is 3.24 Å². The average Bonchev–Trinajstić information content (AvgIpc) is 2.33. The SMILES string of the molecule is CC(C)N1CCC(CC2CCC(F)CC2)CC1. The van der Waals surface area contributed by atoms with Gasteiger partial charge >= 0.3 is 0 Å². The molecule has 1 saturated heterocycles. The zero-order chi connectivity index (χ0) is 12.3. The maximum atomic E-state index is 13.1. The third kappa shape index (κ3) is 3.94. The third-order valence-electron chi connectivity index (χ3n) is 4.82. The summed E-state index contributed by atoms with van der Waals surface area (Å²) in [4.78, 5) is 2.59. The molecule has 0 aromatic rings. The van der Waals surface area contributed by atoms with Gasteiger partial charge in [-0.2, -0.15) is 0 Å². The molecule has 2 aliphatic rings. The molecule has 1 aliphatic heterocycles. The minimum Gasteiger partial charge on any atom is -0.301 e. The van der Waals surface area contributed by atoms with Gasteiger partial charge in [-0.1, -0.05) is 0 Å². The smallest absolute Gasteiger partial charge is 0.100 e. The third-order valence-corrected chi connectivity index (χ3v) is 4.82. The molecule has 1 nitrogen and oxygen atoms in total. The van der Waals surface area contributed by atoms with Gasteiger partial charge < -0.3 is 4.90 Å². The second-order valence-electron chi connectivity index (χ2n) is 6.43. The van der Waals surface area contributed by atoms with E-state index in [1.165, 1.54) is 32.4 Å². The molecule has 0 bridgehead atoms. The lowest BCUT2D eigenvalue weighted by molar-refractivity contribution is 0.122. The van der Waals surface area contributed by atoms with E-state index in [1.54, 1.807) is 0 Å². The van der Waals surface area contributed by atoms with Crippen molar-refractivity contribution in [2.24, 2.45) is 11.8 Å². The lowest BCUT2D eigenvalue weighted by Crippen LogP contribution is -2.38. The first kappa shape index (κ1) is 13.3. The summed E-state index contributed by atoms with van der Waals surface area (Å²) in [5, 5.41) is 0. The van der Waals surface area contributed by atoms with Gasteiger partial charge in [0.15, 0.2) is 0 Å². The van der Waals surface area contributed by atoms with Gasteiger partial charge in [0, 0.05) is 6.04 Å². The fourth-order valence-corrected chi connectivity index (χ4v) is 3.53. The molecule has 0 amide bonds. The average molecular weight is 241 g/mol. The number of halogens is 1. The molecule has 0 spiro atoms. The first-order valence-electron chi connectivity index (χ1n) is 7.53. The molecular weight excluding hydrogens is 213 g/mol. The number of alkyl halides is 1. The Balaban J connectivity index is 1.67. The van der Waals surface area contributed by atoms with Gasteiger partial charge in [0.2, 0.25) is 0 Å². The van der Waals surface area contributed by atoms with Gasteiger partial charge in [0.1, 0.15) is 6.17 Å². The van der Waals surface area contributed by atoms with Crippen molar-refractivity contribution in [2.75, 3.05) is 13.1 Å². The fourth-order valence-electron chi connectivity index (χ4n) is 3.53. The van der Waals surface area contributed by atoms with E-state index >= 15 is 0 Å². The summed E-state index contributed by atoms with van der Waals surface area (Å²) in [6.07, 6.45) is 7.57. The van der Waals surface area contributed by atoms with E-state index in [-0.39, 0.29) is 0 Å². The molecule has 1 heterocycles. The standard InChI is InChI=1S/C15H28FN/c1-12(2)17-9-7-14(8-10-17)11-13-3-5-15(16)6-4-13/h12-15H,3-11H2,1-2H3. The monoisotopic (exact) mass is 241 g/mol. The molecule has 2 fully saturated rings. The lowest BCUT2D eigenvalue weighted by atomic mass is 9.79. The fraction of sp³-hybridized carbons (Fsp3) is 1.00. The molecule has 2 heteroatoms. The number of piperidine rings is 1. The lowest BCUT2D eigenvalue weighted by Gasteiger charge is -2.36. The number of nitrogens with zero attached hydrogens (tertiary/aromatic N) is 1. The van der Waals surface area contributed by atoms with Gasteiger partial charge in [-0.05, 0) is 83.7 Å². The van der Waals surface area contributed by atoms with E-state index in [9.17, 15) is 4.39 Å². The van der Waals surface area contributed by atoms with Crippen LogP contribution in [-0.2, 0) is 0 Å². The zero-order valence-electron chi connectivity index (χ0n) is 11.5. The van der Waals surface area contributed by atoms with E-state index in [0.717, 1.165) is 37.5 Å². The highest BCUT2D eigenvalue weighted by Gasteiger charge is 2.26. The molecular formula is C15H28FN. The molecule has 1 saturated carbocycles. The second kappa shape index (κ2) is 6.17. The zero-order valence-corrected chi connectivity index (χ0v) is 11.5. The van der Waals surface area contributed by atoms with Crippen LogP contribution in [-0.4, -0.2) is 30.2 Å². The number of hydrogen-bond acceptors (Lipinski definition) is 1. The van der Waals surface area contributed by atoms with Crippen LogP contribution < -0.4 is 0 Å². The van der Waals surface area contributed by atoms with Crippen LogP contribution in [0.1, 0.15) is 58.8 Å². The predicted octanol–water partition coefficient (Wildman–Crippen LogP) is 4.03. The number of rotatable bonds is 3. The van der Waals surface area contributed by atoms with Gasteiger partial charge in [-0.15, -0.1) is 0 Å². The summed E-state index contributed by atoms with van der Waals surface area (Å²) in [5.41, 5.74) is 0. The summed E-state index contributed by atoms with van der Waals surface area (Å²) in [6.45, 7) is 7.15. The molecule has 0 N–H and O–H groups in total. The molecule has 0 aromatic heterocycles. The Hall–Kier alpha value is -0.110. The van der Waals surface area contributed by atoms with Crippen LogP contribution in [0.2, 0.25) is 0 Å². The van der Waals surface area contributed by atoms with Crippen LogP contribution in [0, 0.1) is 11.8 Å².